The molecule has 6 nitrogen and oxygen atoms in total. The lowest BCUT2D eigenvalue weighted by atomic mass is 9.86. The van der Waals surface area contributed by atoms with Gasteiger partial charge < -0.3 is 9.88 Å². The number of hydrogen-bond donors (Lipinski definition) is 1. The van der Waals surface area contributed by atoms with Crippen LogP contribution in [-0.4, -0.2) is 30.9 Å². The second-order valence-electron chi connectivity index (χ2n) is 6.98. The number of fused-ring (bicyclic) bond motifs is 1. The lowest BCUT2D eigenvalue weighted by Crippen LogP contribution is -2.46. The number of imidazole rings is 2. The van der Waals surface area contributed by atoms with Crippen molar-refractivity contribution in [2.75, 3.05) is 0 Å². The summed E-state index contributed by atoms with van der Waals surface area (Å²) in [7, 11) is 0. The van der Waals surface area contributed by atoms with Crippen LogP contribution < -0.4 is 5.32 Å². The summed E-state index contributed by atoms with van der Waals surface area (Å²) in [6.45, 7) is 6.55. The van der Waals surface area contributed by atoms with Gasteiger partial charge in [0, 0.05) is 25.1 Å². The van der Waals surface area contributed by atoms with E-state index in [-0.39, 0.29) is 17.2 Å². The molecule has 8 heteroatoms. The van der Waals surface area contributed by atoms with Crippen LogP contribution in [0.15, 0.2) is 37.1 Å². The molecule has 0 aromatic carbocycles. The smallest absolute Gasteiger partial charge is 0.274 e. The molecule has 0 aliphatic heterocycles. The third-order valence-corrected chi connectivity index (χ3v) is 4.27. The number of nitrogens with zero attached hydrogens (tertiary/aromatic N) is 4. The summed E-state index contributed by atoms with van der Waals surface area (Å²) in [4.78, 5) is 20.7. The molecule has 25 heavy (non-hydrogen) atoms. The monoisotopic (exact) mass is 363 g/mol. The zero-order valence-corrected chi connectivity index (χ0v) is 15.0. The SMILES string of the molecule is CC(C)(C)C(Cn1ccnc1)NC(=O)c1nc2ccc(Cl)cn2c1F. The fourth-order valence-corrected chi connectivity index (χ4v) is 2.66. The van der Waals surface area contributed by atoms with E-state index in [0.29, 0.717) is 17.2 Å². The predicted octanol–water partition coefficient (Wildman–Crippen LogP) is 3.17. The average molecular weight is 364 g/mol. The first kappa shape index (κ1) is 17.4. The molecular formula is C17H19ClFN5O. The molecule has 3 heterocycles. The number of carbonyl (C=O) groups excluding carboxylic acids is 1. The van der Waals surface area contributed by atoms with Crippen LogP contribution in [0.4, 0.5) is 4.39 Å². The fraction of sp³-hybridized carbons (Fsp3) is 0.353. The van der Waals surface area contributed by atoms with E-state index in [1.54, 1.807) is 24.7 Å². The van der Waals surface area contributed by atoms with Gasteiger partial charge in [0.2, 0.25) is 5.95 Å². The number of carbonyl (C=O) groups is 1. The third kappa shape index (κ3) is 3.66. The molecule has 0 aliphatic rings. The molecule has 132 valence electrons. The normalized spacial score (nSPS) is 13.2. The fourth-order valence-electron chi connectivity index (χ4n) is 2.50. The highest BCUT2D eigenvalue weighted by Crippen LogP contribution is 2.22. The quantitative estimate of drug-likeness (QED) is 0.774. The van der Waals surface area contributed by atoms with Crippen LogP contribution in [-0.2, 0) is 6.54 Å². The number of hydrogen-bond acceptors (Lipinski definition) is 3. The topological polar surface area (TPSA) is 64.2 Å². The van der Waals surface area contributed by atoms with Gasteiger partial charge in [-0.1, -0.05) is 32.4 Å². The Kier molecular flexibility index (Phi) is 4.51. The maximum atomic E-state index is 14.5. The third-order valence-electron chi connectivity index (χ3n) is 4.04. The Labute approximate surface area is 149 Å². The molecule has 0 fully saturated rings. The number of amides is 1. The summed E-state index contributed by atoms with van der Waals surface area (Å²) >= 11 is 5.88. The molecular weight excluding hydrogens is 345 g/mol. The van der Waals surface area contributed by atoms with Gasteiger partial charge in [-0.2, -0.15) is 4.39 Å². The van der Waals surface area contributed by atoms with Crippen LogP contribution >= 0.6 is 11.6 Å². The Morgan fingerprint density at radius 2 is 2.16 bits per heavy atom. The highest BCUT2D eigenvalue weighted by atomic mass is 35.5. The van der Waals surface area contributed by atoms with Crippen molar-refractivity contribution in [3.63, 3.8) is 0 Å². The molecule has 0 spiro atoms. The Morgan fingerprint density at radius 3 is 2.80 bits per heavy atom. The molecule has 3 aromatic heterocycles. The number of aromatic nitrogens is 4. The molecule has 0 bridgehead atoms. The summed E-state index contributed by atoms with van der Waals surface area (Å²) in [6, 6.07) is 2.93. The second-order valence-corrected chi connectivity index (χ2v) is 7.41. The molecule has 0 aliphatic carbocycles. The van der Waals surface area contributed by atoms with Crippen LogP contribution in [0.2, 0.25) is 5.02 Å². The van der Waals surface area contributed by atoms with Gasteiger partial charge in [-0.3, -0.25) is 9.20 Å². The van der Waals surface area contributed by atoms with Crippen molar-refractivity contribution in [2.45, 2.75) is 33.4 Å². The van der Waals surface area contributed by atoms with Crippen LogP contribution in [0.5, 0.6) is 0 Å². The number of halogens is 2. The minimum atomic E-state index is -0.731. The van der Waals surface area contributed by atoms with Gasteiger partial charge in [-0.05, 0) is 17.5 Å². The van der Waals surface area contributed by atoms with Gasteiger partial charge >= 0.3 is 0 Å². The largest absolute Gasteiger partial charge is 0.345 e. The average Bonchev–Trinajstić information content (AvgIpc) is 3.14. The van der Waals surface area contributed by atoms with Gasteiger partial charge in [0.15, 0.2) is 5.69 Å². The van der Waals surface area contributed by atoms with Crippen molar-refractivity contribution in [1.82, 2.24) is 24.3 Å². The van der Waals surface area contributed by atoms with Crippen LogP contribution in [0.1, 0.15) is 31.3 Å². The van der Waals surface area contributed by atoms with Gasteiger partial charge in [0.25, 0.3) is 5.91 Å². The van der Waals surface area contributed by atoms with E-state index in [2.05, 4.69) is 15.3 Å². The van der Waals surface area contributed by atoms with Gasteiger partial charge in [-0.25, -0.2) is 9.97 Å². The van der Waals surface area contributed by atoms with Gasteiger partial charge in [0.05, 0.1) is 17.4 Å². The summed E-state index contributed by atoms with van der Waals surface area (Å²) in [5, 5.41) is 3.26. The standard InChI is InChI=1S/C17H19ClFN5O/c1-17(2,3)12(9-23-7-6-20-10-23)21-16(25)14-15(19)24-8-11(18)4-5-13(24)22-14/h4-8,10,12H,9H2,1-3H3,(H,21,25). The van der Waals surface area contributed by atoms with E-state index in [9.17, 15) is 9.18 Å². The molecule has 1 N–H and O–H groups in total. The summed E-state index contributed by atoms with van der Waals surface area (Å²) < 4.78 is 17.6. The van der Waals surface area contributed by atoms with Crippen molar-refractivity contribution in [3.05, 3.63) is 53.7 Å². The van der Waals surface area contributed by atoms with Crippen LogP contribution in [0.25, 0.3) is 5.65 Å². The first-order valence-corrected chi connectivity index (χ1v) is 8.23. The minimum Gasteiger partial charge on any atom is -0.345 e. The molecule has 3 aromatic rings. The Morgan fingerprint density at radius 1 is 1.40 bits per heavy atom. The predicted molar refractivity (Wildman–Crippen MR) is 93.1 cm³/mol. The first-order valence-electron chi connectivity index (χ1n) is 7.85. The Bertz CT molecular complexity index is 898. The van der Waals surface area contributed by atoms with E-state index in [1.165, 1.54) is 10.6 Å². The Balaban J connectivity index is 1.87. The van der Waals surface area contributed by atoms with Crippen LogP contribution in [0.3, 0.4) is 0 Å². The van der Waals surface area contributed by atoms with Crippen molar-refractivity contribution in [3.8, 4) is 0 Å². The molecule has 0 saturated carbocycles. The molecule has 1 unspecified atom stereocenters. The minimum absolute atomic E-state index is 0.234. The Hall–Kier alpha value is -2.41. The second kappa shape index (κ2) is 6.48. The maximum absolute atomic E-state index is 14.5. The lowest BCUT2D eigenvalue weighted by molar-refractivity contribution is 0.0883. The maximum Gasteiger partial charge on any atom is 0.274 e. The van der Waals surface area contributed by atoms with Gasteiger partial charge in [0.1, 0.15) is 5.65 Å². The van der Waals surface area contributed by atoms with Gasteiger partial charge in [-0.15, -0.1) is 0 Å². The van der Waals surface area contributed by atoms with E-state index in [4.69, 9.17) is 11.6 Å². The zero-order chi connectivity index (χ0) is 18.2. The van der Waals surface area contributed by atoms with E-state index >= 15 is 0 Å². The molecule has 0 saturated heterocycles. The summed E-state index contributed by atoms with van der Waals surface area (Å²) in [5.41, 5.74) is -0.157. The highest BCUT2D eigenvalue weighted by Gasteiger charge is 2.29. The van der Waals surface area contributed by atoms with Crippen molar-refractivity contribution < 1.29 is 9.18 Å². The summed E-state index contributed by atoms with van der Waals surface area (Å²) in [5.74, 6) is -1.29. The summed E-state index contributed by atoms with van der Waals surface area (Å²) in [6.07, 6.45) is 6.56. The van der Waals surface area contributed by atoms with Crippen molar-refractivity contribution >= 4 is 23.2 Å². The molecule has 1 atom stereocenters. The number of nitrogens with one attached hydrogen (secondary N) is 1. The molecule has 1 amide bonds. The number of pyridine rings is 1. The van der Waals surface area contributed by atoms with Crippen molar-refractivity contribution in [2.24, 2.45) is 5.41 Å². The molecule has 3 rings (SSSR count). The van der Waals surface area contributed by atoms with E-state index < -0.39 is 11.9 Å². The van der Waals surface area contributed by atoms with E-state index in [1.807, 2.05) is 31.5 Å². The zero-order valence-electron chi connectivity index (χ0n) is 14.2. The highest BCUT2D eigenvalue weighted by molar-refractivity contribution is 6.30. The first-order chi connectivity index (χ1) is 11.8. The van der Waals surface area contributed by atoms with E-state index in [0.717, 1.165) is 0 Å². The van der Waals surface area contributed by atoms with Crippen molar-refractivity contribution in [1.29, 1.82) is 0 Å². The number of rotatable bonds is 4. The van der Waals surface area contributed by atoms with Crippen LogP contribution in [0, 0.1) is 11.4 Å². The lowest BCUT2D eigenvalue weighted by Gasteiger charge is -2.31. The molecule has 0 radical (unpaired) electrons.